The standard InChI is InChI=1S/C12H6BrClFN3S/c13-7-2-1-3-8(15)9(7)16-10-6-4-5-19-11(6)18-12(14)17-10/h1-5H,(H,16,17,18). The topological polar surface area (TPSA) is 37.8 Å². The van der Waals surface area contributed by atoms with Gasteiger partial charge in [0.15, 0.2) is 0 Å². The molecule has 0 spiro atoms. The Balaban J connectivity index is 2.13. The van der Waals surface area contributed by atoms with Crippen molar-refractivity contribution in [2.24, 2.45) is 0 Å². The third kappa shape index (κ3) is 2.43. The highest BCUT2D eigenvalue weighted by molar-refractivity contribution is 9.10. The lowest BCUT2D eigenvalue weighted by molar-refractivity contribution is 0.631. The number of para-hydroxylation sites is 1. The van der Waals surface area contributed by atoms with E-state index >= 15 is 0 Å². The van der Waals surface area contributed by atoms with Crippen molar-refractivity contribution in [3.05, 3.63) is 45.2 Å². The average molecular weight is 359 g/mol. The zero-order valence-electron chi connectivity index (χ0n) is 9.32. The van der Waals surface area contributed by atoms with Crippen LogP contribution < -0.4 is 5.32 Å². The van der Waals surface area contributed by atoms with Crippen molar-refractivity contribution in [3.63, 3.8) is 0 Å². The summed E-state index contributed by atoms with van der Waals surface area (Å²) in [7, 11) is 0. The molecule has 96 valence electrons. The zero-order valence-corrected chi connectivity index (χ0v) is 12.5. The second-order valence-electron chi connectivity index (χ2n) is 3.70. The van der Waals surface area contributed by atoms with E-state index in [1.54, 1.807) is 12.1 Å². The Hall–Kier alpha value is -1.24. The van der Waals surface area contributed by atoms with E-state index in [1.165, 1.54) is 17.4 Å². The molecule has 0 amide bonds. The van der Waals surface area contributed by atoms with Gasteiger partial charge in [-0.1, -0.05) is 6.07 Å². The molecule has 0 fully saturated rings. The highest BCUT2D eigenvalue weighted by Gasteiger charge is 2.12. The van der Waals surface area contributed by atoms with E-state index in [-0.39, 0.29) is 11.1 Å². The molecule has 7 heteroatoms. The van der Waals surface area contributed by atoms with Gasteiger partial charge in [0, 0.05) is 4.47 Å². The van der Waals surface area contributed by atoms with Crippen LogP contribution in [0.4, 0.5) is 15.9 Å². The maximum absolute atomic E-state index is 13.8. The number of rotatable bonds is 2. The summed E-state index contributed by atoms with van der Waals surface area (Å²) < 4.78 is 14.4. The van der Waals surface area contributed by atoms with Crippen molar-refractivity contribution in [2.75, 3.05) is 5.32 Å². The Labute approximate surface area is 125 Å². The fourth-order valence-electron chi connectivity index (χ4n) is 1.66. The van der Waals surface area contributed by atoms with Gasteiger partial charge in [-0.25, -0.2) is 9.37 Å². The predicted octanol–water partition coefficient (Wildman–Crippen LogP) is 4.99. The molecule has 0 atom stereocenters. The molecular weight excluding hydrogens is 353 g/mol. The molecule has 0 saturated carbocycles. The number of nitrogens with one attached hydrogen (secondary N) is 1. The number of thiophene rings is 1. The van der Waals surface area contributed by atoms with Gasteiger partial charge in [0.1, 0.15) is 16.5 Å². The largest absolute Gasteiger partial charge is 0.336 e. The quantitative estimate of drug-likeness (QED) is 0.656. The fourth-order valence-corrected chi connectivity index (χ4v) is 3.08. The number of nitrogens with zero attached hydrogens (tertiary/aromatic N) is 2. The molecule has 0 bridgehead atoms. The molecule has 2 aromatic heterocycles. The summed E-state index contributed by atoms with van der Waals surface area (Å²) in [6.07, 6.45) is 0. The maximum atomic E-state index is 13.8. The van der Waals surface area contributed by atoms with E-state index in [4.69, 9.17) is 11.6 Å². The SMILES string of the molecule is Fc1cccc(Br)c1Nc1nc(Cl)nc2sccc12. The summed E-state index contributed by atoms with van der Waals surface area (Å²) in [5.41, 5.74) is 0.324. The minimum atomic E-state index is -0.368. The van der Waals surface area contributed by atoms with E-state index in [0.29, 0.717) is 16.0 Å². The van der Waals surface area contributed by atoms with Crippen molar-refractivity contribution >= 4 is 60.6 Å². The van der Waals surface area contributed by atoms with Gasteiger partial charge in [0.2, 0.25) is 5.28 Å². The second-order valence-corrected chi connectivity index (χ2v) is 5.79. The van der Waals surface area contributed by atoms with Gasteiger partial charge in [-0.05, 0) is 51.1 Å². The van der Waals surface area contributed by atoms with Crippen LogP contribution >= 0.6 is 38.9 Å². The van der Waals surface area contributed by atoms with Crippen molar-refractivity contribution in [3.8, 4) is 0 Å². The van der Waals surface area contributed by atoms with E-state index < -0.39 is 0 Å². The van der Waals surface area contributed by atoms with Crippen LogP contribution in [0, 0.1) is 5.82 Å². The summed E-state index contributed by atoms with van der Waals surface area (Å²) in [4.78, 5) is 8.98. The van der Waals surface area contributed by atoms with E-state index in [2.05, 4.69) is 31.2 Å². The molecule has 3 aromatic rings. The van der Waals surface area contributed by atoms with Gasteiger partial charge in [0.05, 0.1) is 11.1 Å². The molecule has 0 radical (unpaired) electrons. The minimum Gasteiger partial charge on any atom is -0.336 e. The lowest BCUT2D eigenvalue weighted by Crippen LogP contribution is -1.99. The lowest BCUT2D eigenvalue weighted by Gasteiger charge is -2.09. The highest BCUT2D eigenvalue weighted by atomic mass is 79.9. The molecule has 1 aromatic carbocycles. The second kappa shape index (κ2) is 5.03. The third-order valence-corrected chi connectivity index (χ3v) is 4.14. The van der Waals surface area contributed by atoms with Crippen molar-refractivity contribution in [1.82, 2.24) is 9.97 Å². The van der Waals surface area contributed by atoms with Gasteiger partial charge >= 0.3 is 0 Å². The first-order chi connectivity index (χ1) is 9.15. The summed E-state index contributed by atoms with van der Waals surface area (Å²) >= 11 is 10.6. The first kappa shape index (κ1) is 12.8. The maximum Gasteiger partial charge on any atom is 0.225 e. The molecular formula is C12H6BrClFN3S. The molecule has 0 aliphatic heterocycles. The Bertz CT molecular complexity index is 742. The van der Waals surface area contributed by atoms with E-state index in [9.17, 15) is 4.39 Å². The number of anilines is 2. The fraction of sp³-hybridized carbons (Fsp3) is 0. The molecule has 0 aliphatic carbocycles. The zero-order chi connectivity index (χ0) is 13.4. The van der Waals surface area contributed by atoms with Crippen molar-refractivity contribution in [1.29, 1.82) is 0 Å². The predicted molar refractivity (Wildman–Crippen MR) is 79.8 cm³/mol. The van der Waals surface area contributed by atoms with Crippen LogP contribution in [0.2, 0.25) is 5.28 Å². The van der Waals surface area contributed by atoms with Gasteiger partial charge < -0.3 is 5.32 Å². The monoisotopic (exact) mass is 357 g/mol. The number of aromatic nitrogens is 2. The normalized spacial score (nSPS) is 10.9. The van der Waals surface area contributed by atoms with E-state index in [0.717, 1.165) is 10.2 Å². The van der Waals surface area contributed by atoms with Crippen LogP contribution in [-0.4, -0.2) is 9.97 Å². The first-order valence-electron chi connectivity index (χ1n) is 5.27. The molecule has 3 nitrogen and oxygen atoms in total. The first-order valence-corrected chi connectivity index (χ1v) is 7.32. The molecule has 19 heavy (non-hydrogen) atoms. The highest BCUT2D eigenvalue weighted by Crippen LogP contribution is 2.32. The summed E-state index contributed by atoms with van der Waals surface area (Å²) in [6.45, 7) is 0. The van der Waals surface area contributed by atoms with Crippen LogP contribution in [-0.2, 0) is 0 Å². The van der Waals surface area contributed by atoms with Crippen molar-refractivity contribution in [2.45, 2.75) is 0 Å². The lowest BCUT2D eigenvalue weighted by atomic mass is 10.3. The van der Waals surface area contributed by atoms with Gasteiger partial charge in [0.25, 0.3) is 0 Å². The molecule has 3 rings (SSSR count). The smallest absolute Gasteiger partial charge is 0.225 e. The molecule has 0 saturated heterocycles. The Morgan fingerprint density at radius 2 is 2.11 bits per heavy atom. The van der Waals surface area contributed by atoms with Gasteiger partial charge in [-0.2, -0.15) is 4.98 Å². The molecule has 1 N–H and O–H groups in total. The summed E-state index contributed by atoms with van der Waals surface area (Å²) in [5.74, 6) is 0.120. The number of halogens is 3. The Kier molecular flexibility index (Phi) is 3.38. The van der Waals surface area contributed by atoms with Crippen LogP contribution in [0.15, 0.2) is 34.1 Å². The van der Waals surface area contributed by atoms with Crippen LogP contribution in [0.1, 0.15) is 0 Å². The Morgan fingerprint density at radius 1 is 1.26 bits per heavy atom. The molecule has 0 unspecified atom stereocenters. The van der Waals surface area contributed by atoms with Crippen LogP contribution in [0.3, 0.4) is 0 Å². The van der Waals surface area contributed by atoms with Crippen LogP contribution in [0.5, 0.6) is 0 Å². The third-order valence-electron chi connectivity index (χ3n) is 2.50. The van der Waals surface area contributed by atoms with Gasteiger partial charge in [-0.15, -0.1) is 11.3 Å². The number of hydrogen-bond acceptors (Lipinski definition) is 4. The van der Waals surface area contributed by atoms with Crippen molar-refractivity contribution < 1.29 is 4.39 Å². The number of hydrogen-bond donors (Lipinski definition) is 1. The summed E-state index contributed by atoms with van der Waals surface area (Å²) in [5, 5.41) is 5.79. The molecule has 2 heterocycles. The van der Waals surface area contributed by atoms with Gasteiger partial charge in [-0.3, -0.25) is 0 Å². The number of fused-ring (bicyclic) bond motifs is 1. The summed E-state index contributed by atoms with van der Waals surface area (Å²) in [6, 6.07) is 6.62. The molecule has 0 aliphatic rings. The Morgan fingerprint density at radius 3 is 2.89 bits per heavy atom. The average Bonchev–Trinajstić information content (AvgIpc) is 2.81. The van der Waals surface area contributed by atoms with Crippen LogP contribution in [0.25, 0.3) is 10.2 Å². The van der Waals surface area contributed by atoms with E-state index in [1.807, 2.05) is 11.4 Å². The minimum absolute atomic E-state index is 0.130. The number of benzene rings is 1.